The zero-order chi connectivity index (χ0) is 18.8. The summed E-state index contributed by atoms with van der Waals surface area (Å²) in [6.45, 7) is 6.92. The summed E-state index contributed by atoms with van der Waals surface area (Å²) in [6, 6.07) is 10.6. The largest absolute Gasteiger partial charge is 0.367 e. The van der Waals surface area contributed by atoms with Crippen molar-refractivity contribution in [3.8, 4) is 11.3 Å². The zero-order valence-corrected chi connectivity index (χ0v) is 15.8. The van der Waals surface area contributed by atoms with Crippen molar-refractivity contribution < 1.29 is 4.39 Å². The van der Waals surface area contributed by atoms with Crippen LogP contribution in [0.3, 0.4) is 0 Å². The molecule has 1 aliphatic rings. The van der Waals surface area contributed by atoms with Crippen LogP contribution in [0.1, 0.15) is 11.3 Å². The van der Waals surface area contributed by atoms with Crippen molar-refractivity contribution in [3.05, 3.63) is 65.9 Å². The zero-order valence-electron chi connectivity index (χ0n) is 15.8. The van der Waals surface area contributed by atoms with Crippen LogP contribution in [0, 0.1) is 12.7 Å². The van der Waals surface area contributed by atoms with Gasteiger partial charge >= 0.3 is 0 Å². The topological polar surface area (TPSA) is 37.2 Å². The summed E-state index contributed by atoms with van der Waals surface area (Å²) in [7, 11) is 1.98. The molecule has 3 aromatic rings. The number of rotatable bonds is 4. The molecule has 2 aromatic heterocycles. The summed E-state index contributed by atoms with van der Waals surface area (Å²) in [6.07, 6.45) is 3.76. The molecule has 5 nitrogen and oxygen atoms in total. The fraction of sp³-hybridized carbons (Fsp3) is 0.333. The Hall–Kier alpha value is -2.73. The summed E-state index contributed by atoms with van der Waals surface area (Å²) in [5, 5.41) is 4.34. The van der Waals surface area contributed by atoms with Crippen molar-refractivity contribution in [2.24, 2.45) is 7.05 Å². The highest BCUT2D eigenvalue weighted by molar-refractivity contribution is 5.75. The first-order valence-electron chi connectivity index (χ1n) is 9.27. The van der Waals surface area contributed by atoms with Gasteiger partial charge in [0, 0.05) is 62.8 Å². The number of piperazine rings is 1. The lowest BCUT2D eigenvalue weighted by molar-refractivity contribution is 0.249. The molecule has 0 amide bonds. The number of hydrogen-bond donors (Lipinski definition) is 0. The number of nitrogens with zero attached hydrogens (tertiary/aromatic N) is 5. The van der Waals surface area contributed by atoms with Crippen LogP contribution in [-0.4, -0.2) is 45.8 Å². The van der Waals surface area contributed by atoms with Gasteiger partial charge in [0.2, 0.25) is 0 Å². The number of hydrogen-bond acceptors (Lipinski definition) is 4. The minimum atomic E-state index is -0.226. The molecule has 140 valence electrons. The van der Waals surface area contributed by atoms with Crippen LogP contribution in [0.15, 0.2) is 48.8 Å². The Kier molecular flexibility index (Phi) is 4.90. The lowest BCUT2D eigenvalue weighted by atomic mass is 10.1. The summed E-state index contributed by atoms with van der Waals surface area (Å²) in [5.74, 6) is -0.226. The monoisotopic (exact) mass is 365 g/mol. The Morgan fingerprint density at radius 3 is 2.44 bits per heavy atom. The number of anilines is 1. The quantitative estimate of drug-likeness (QED) is 0.711. The molecule has 0 bridgehead atoms. The molecular formula is C21H24FN5. The van der Waals surface area contributed by atoms with Crippen molar-refractivity contribution >= 4 is 5.69 Å². The lowest BCUT2D eigenvalue weighted by Crippen LogP contribution is -2.46. The van der Waals surface area contributed by atoms with Gasteiger partial charge in [0.05, 0.1) is 17.6 Å². The molecule has 1 saturated heterocycles. The van der Waals surface area contributed by atoms with Gasteiger partial charge in [0.15, 0.2) is 0 Å². The van der Waals surface area contributed by atoms with Crippen LogP contribution < -0.4 is 4.90 Å². The average Bonchev–Trinajstić information content (AvgIpc) is 3.01. The number of aryl methyl sites for hydroxylation is 1. The smallest absolute Gasteiger partial charge is 0.123 e. The Labute approximate surface area is 159 Å². The second kappa shape index (κ2) is 7.48. The predicted molar refractivity (Wildman–Crippen MR) is 105 cm³/mol. The molecule has 0 spiro atoms. The maximum atomic E-state index is 13.3. The molecule has 0 radical (unpaired) electrons. The van der Waals surface area contributed by atoms with Gasteiger partial charge in [-0.05, 0) is 43.3 Å². The number of halogens is 1. The molecule has 27 heavy (non-hydrogen) atoms. The average molecular weight is 365 g/mol. The molecule has 0 atom stereocenters. The molecule has 1 aliphatic heterocycles. The number of benzene rings is 1. The van der Waals surface area contributed by atoms with Gasteiger partial charge in [0.1, 0.15) is 5.82 Å². The van der Waals surface area contributed by atoms with Crippen LogP contribution in [0.2, 0.25) is 0 Å². The Morgan fingerprint density at radius 1 is 1.04 bits per heavy atom. The normalized spacial score (nSPS) is 15.3. The summed E-state index contributed by atoms with van der Waals surface area (Å²) < 4.78 is 15.2. The molecule has 0 saturated carbocycles. The van der Waals surface area contributed by atoms with E-state index in [9.17, 15) is 4.39 Å². The van der Waals surface area contributed by atoms with Gasteiger partial charge in [-0.25, -0.2) is 4.39 Å². The molecule has 4 rings (SSSR count). The highest BCUT2D eigenvalue weighted by atomic mass is 19.1. The first-order chi connectivity index (χ1) is 13.1. The third-order valence-electron chi connectivity index (χ3n) is 5.35. The van der Waals surface area contributed by atoms with Crippen molar-refractivity contribution in [2.75, 3.05) is 31.1 Å². The van der Waals surface area contributed by atoms with E-state index in [1.807, 2.05) is 24.0 Å². The predicted octanol–water partition coefficient (Wildman–Crippen LogP) is 3.25. The highest BCUT2D eigenvalue weighted by Gasteiger charge is 2.21. The van der Waals surface area contributed by atoms with Crippen LogP contribution >= 0.6 is 0 Å². The molecule has 0 unspecified atom stereocenters. The van der Waals surface area contributed by atoms with E-state index in [1.54, 1.807) is 18.3 Å². The maximum absolute atomic E-state index is 13.3. The SMILES string of the molecule is Cc1c(CN2CCN(c3cccnc3-c3ccc(F)cc3)CC2)cnn1C. The van der Waals surface area contributed by atoms with Gasteiger partial charge in [-0.3, -0.25) is 14.6 Å². The van der Waals surface area contributed by atoms with Crippen LogP contribution in [0.4, 0.5) is 10.1 Å². The van der Waals surface area contributed by atoms with Gasteiger partial charge in [0.25, 0.3) is 0 Å². The molecule has 3 heterocycles. The molecule has 1 fully saturated rings. The van der Waals surface area contributed by atoms with E-state index < -0.39 is 0 Å². The molecule has 0 aliphatic carbocycles. The maximum Gasteiger partial charge on any atom is 0.123 e. The fourth-order valence-corrected chi connectivity index (χ4v) is 3.57. The Morgan fingerprint density at radius 2 is 1.78 bits per heavy atom. The second-order valence-electron chi connectivity index (χ2n) is 7.02. The van der Waals surface area contributed by atoms with Crippen molar-refractivity contribution in [1.29, 1.82) is 0 Å². The van der Waals surface area contributed by atoms with Crippen molar-refractivity contribution in [3.63, 3.8) is 0 Å². The van der Waals surface area contributed by atoms with Gasteiger partial charge in [-0.15, -0.1) is 0 Å². The molecule has 6 heteroatoms. The van der Waals surface area contributed by atoms with E-state index in [0.29, 0.717) is 0 Å². The van der Waals surface area contributed by atoms with E-state index in [1.165, 1.54) is 23.4 Å². The first kappa shape index (κ1) is 17.7. The summed E-state index contributed by atoms with van der Waals surface area (Å²) in [4.78, 5) is 9.41. The second-order valence-corrected chi connectivity index (χ2v) is 7.02. The summed E-state index contributed by atoms with van der Waals surface area (Å²) in [5.41, 5.74) is 5.48. The number of aromatic nitrogens is 3. The van der Waals surface area contributed by atoms with Crippen LogP contribution in [0.5, 0.6) is 0 Å². The van der Waals surface area contributed by atoms with Crippen molar-refractivity contribution in [2.45, 2.75) is 13.5 Å². The minimum absolute atomic E-state index is 0.226. The molecule has 0 N–H and O–H groups in total. The third-order valence-corrected chi connectivity index (χ3v) is 5.35. The lowest BCUT2D eigenvalue weighted by Gasteiger charge is -2.36. The van der Waals surface area contributed by atoms with E-state index in [0.717, 1.165) is 49.7 Å². The van der Waals surface area contributed by atoms with Gasteiger partial charge in [-0.2, -0.15) is 5.10 Å². The van der Waals surface area contributed by atoms with Crippen LogP contribution in [-0.2, 0) is 13.6 Å². The molecule has 1 aromatic carbocycles. The van der Waals surface area contributed by atoms with E-state index in [-0.39, 0.29) is 5.82 Å². The minimum Gasteiger partial charge on any atom is -0.367 e. The first-order valence-corrected chi connectivity index (χ1v) is 9.27. The van der Waals surface area contributed by atoms with Crippen molar-refractivity contribution in [1.82, 2.24) is 19.7 Å². The number of pyridine rings is 1. The standard InChI is InChI=1S/C21H24FN5/c1-16-18(14-24-25(16)2)15-26-10-12-27(13-11-26)20-4-3-9-23-21(20)17-5-7-19(22)8-6-17/h3-9,14H,10-13,15H2,1-2H3. The van der Waals surface area contributed by atoms with E-state index in [4.69, 9.17) is 0 Å². The Balaban J connectivity index is 1.47. The molecular weight excluding hydrogens is 341 g/mol. The fourth-order valence-electron chi connectivity index (χ4n) is 3.57. The van der Waals surface area contributed by atoms with Crippen LogP contribution in [0.25, 0.3) is 11.3 Å². The summed E-state index contributed by atoms with van der Waals surface area (Å²) >= 11 is 0. The Bertz CT molecular complexity index is 911. The highest BCUT2D eigenvalue weighted by Crippen LogP contribution is 2.29. The van der Waals surface area contributed by atoms with Gasteiger partial charge in [-0.1, -0.05) is 0 Å². The van der Waals surface area contributed by atoms with Gasteiger partial charge < -0.3 is 4.90 Å². The van der Waals surface area contributed by atoms with E-state index in [2.05, 4.69) is 32.9 Å². The third kappa shape index (κ3) is 3.71. The van der Waals surface area contributed by atoms with E-state index >= 15 is 0 Å².